The van der Waals surface area contributed by atoms with Crippen molar-refractivity contribution in [3.05, 3.63) is 60.2 Å². The Kier molecular flexibility index (Phi) is 6.10. The van der Waals surface area contributed by atoms with Crippen LogP contribution in [-0.4, -0.2) is 39.0 Å². The molecule has 4 N–H and O–H groups in total. The van der Waals surface area contributed by atoms with Gasteiger partial charge in [-0.1, -0.05) is 30.3 Å². The zero-order chi connectivity index (χ0) is 19.3. The Labute approximate surface area is 159 Å². The largest absolute Gasteiger partial charge is 0.336 e. The molecule has 0 radical (unpaired) electrons. The second-order valence-corrected chi connectivity index (χ2v) is 8.14. The van der Waals surface area contributed by atoms with Crippen LogP contribution >= 0.6 is 0 Å². The summed E-state index contributed by atoms with van der Waals surface area (Å²) >= 11 is 0. The van der Waals surface area contributed by atoms with Crippen molar-refractivity contribution in [3.8, 4) is 0 Å². The average Bonchev–Trinajstić information content (AvgIpc) is 3.17. The highest BCUT2D eigenvalue weighted by molar-refractivity contribution is 7.89. The maximum absolute atomic E-state index is 12.3. The summed E-state index contributed by atoms with van der Waals surface area (Å²) in [6.07, 6.45) is 2.35. The summed E-state index contributed by atoms with van der Waals surface area (Å²) in [4.78, 5) is 14.7. The summed E-state index contributed by atoms with van der Waals surface area (Å²) < 4.78 is 22.6. The second kappa shape index (κ2) is 8.51. The van der Waals surface area contributed by atoms with Gasteiger partial charge in [-0.2, -0.15) is 0 Å². The lowest BCUT2D eigenvalue weighted by Crippen LogP contribution is -2.38. The van der Waals surface area contributed by atoms with Crippen molar-refractivity contribution in [3.63, 3.8) is 0 Å². The van der Waals surface area contributed by atoms with Crippen molar-refractivity contribution >= 4 is 21.7 Å². The number of sulfonamides is 1. The van der Waals surface area contributed by atoms with Crippen molar-refractivity contribution < 1.29 is 13.2 Å². The van der Waals surface area contributed by atoms with Crippen LogP contribution in [0.25, 0.3) is 0 Å². The van der Waals surface area contributed by atoms with Gasteiger partial charge in [0.2, 0.25) is 10.0 Å². The number of carbonyl (C=O) groups excluding carboxylic acids is 1. The lowest BCUT2D eigenvalue weighted by Gasteiger charge is -2.28. The minimum atomic E-state index is -3.74. The molecule has 0 aliphatic carbocycles. The number of carbonyl (C=O) groups is 1. The van der Waals surface area contributed by atoms with Gasteiger partial charge in [0.15, 0.2) is 0 Å². The molecule has 2 amide bonds. The standard InChI is InChI=1S/C19H24N4O3S/c20-27(25,26)17-10-8-16(9-11-17)22-19(24)21-14-18(23-12-4-5-13-23)15-6-2-1-3-7-15/h1-3,6-11,18H,4-5,12-14H2,(H2,20,25,26)(H2,21,22,24). The molecule has 27 heavy (non-hydrogen) atoms. The number of amides is 2. The molecule has 8 heteroatoms. The number of anilines is 1. The Balaban J connectivity index is 1.60. The van der Waals surface area contributed by atoms with E-state index in [0.717, 1.165) is 13.1 Å². The van der Waals surface area contributed by atoms with Gasteiger partial charge in [-0.15, -0.1) is 0 Å². The number of primary sulfonamides is 1. The first-order chi connectivity index (χ1) is 12.9. The molecule has 2 aromatic carbocycles. The first-order valence-electron chi connectivity index (χ1n) is 8.90. The first-order valence-corrected chi connectivity index (χ1v) is 10.4. The van der Waals surface area contributed by atoms with Gasteiger partial charge in [0, 0.05) is 12.2 Å². The van der Waals surface area contributed by atoms with E-state index < -0.39 is 10.0 Å². The van der Waals surface area contributed by atoms with Crippen LogP contribution in [0.2, 0.25) is 0 Å². The number of nitrogens with two attached hydrogens (primary N) is 1. The third-order valence-electron chi connectivity index (χ3n) is 4.66. The van der Waals surface area contributed by atoms with Crippen molar-refractivity contribution in [2.45, 2.75) is 23.8 Å². The van der Waals surface area contributed by atoms with Crippen LogP contribution in [0.3, 0.4) is 0 Å². The number of urea groups is 1. The Morgan fingerprint density at radius 2 is 1.67 bits per heavy atom. The number of nitrogens with one attached hydrogen (secondary N) is 2. The van der Waals surface area contributed by atoms with Crippen LogP contribution in [0.4, 0.5) is 10.5 Å². The smallest absolute Gasteiger partial charge is 0.319 e. The Bertz CT molecular complexity index is 864. The van der Waals surface area contributed by atoms with Crippen LogP contribution < -0.4 is 15.8 Å². The Morgan fingerprint density at radius 1 is 1.04 bits per heavy atom. The van der Waals surface area contributed by atoms with Crippen molar-refractivity contribution in [2.24, 2.45) is 5.14 Å². The van der Waals surface area contributed by atoms with Crippen molar-refractivity contribution in [1.29, 1.82) is 0 Å². The first kappa shape index (κ1) is 19.3. The number of nitrogens with zero attached hydrogens (tertiary/aromatic N) is 1. The molecule has 1 aliphatic rings. The van der Waals surface area contributed by atoms with E-state index in [9.17, 15) is 13.2 Å². The SMILES string of the molecule is NS(=O)(=O)c1ccc(NC(=O)NCC(c2ccccc2)N2CCCC2)cc1. The summed E-state index contributed by atoms with van der Waals surface area (Å²) in [7, 11) is -3.74. The van der Waals surface area contributed by atoms with E-state index >= 15 is 0 Å². The molecule has 0 saturated carbocycles. The molecule has 7 nitrogen and oxygen atoms in total. The van der Waals surface area contributed by atoms with Gasteiger partial charge in [0.05, 0.1) is 10.9 Å². The Hall–Kier alpha value is -2.42. The molecule has 3 rings (SSSR count). The topological polar surface area (TPSA) is 105 Å². The molecule has 0 aromatic heterocycles. The van der Waals surface area contributed by atoms with Gasteiger partial charge in [0.1, 0.15) is 0 Å². The van der Waals surface area contributed by atoms with E-state index in [4.69, 9.17) is 5.14 Å². The molecule has 2 aromatic rings. The summed E-state index contributed by atoms with van der Waals surface area (Å²) in [5, 5.41) is 10.7. The minimum absolute atomic E-state index is 0.00614. The summed E-state index contributed by atoms with van der Waals surface area (Å²) in [6.45, 7) is 2.54. The zero-order valence-corrected chi connectivity index (χ0v) is 15.8. The van der Waals surface area contributed by atoms with E-state index in [1.54, 1.807) is 0 Å². The highest BCUT2D eigenvalue weighted by Gasteiger charge is 2.23. The zero-order valence-electron chi connectivity index (χ0n) is 15.0. The van der Waals surface area contributed by atoms with Crippen LogP contribution in [-0.2, 0) is 10.0 Å². The minimum Gasteiger partial charge on any atom is -0.336 e. The lowest BCUT2D eigenvalue weighted by atomic mass is 10.1. The van der Waals surface area contributed by atoms with E-state index in [2.05, 4.69) is 27.7 Å². The maximum Gasteiger partial charge on any atom is 0.319 e. The van der Waals surface area contributed by atoms with Crippen LogP contribution in [0.1, 0.15) is 24.4 Å². The molecule has 1 fully saturated rings. The molecule has 0 bridgehead atoms. The maximum atomic E-state index is 12.3. The van der Waals surface area contributed by atoms with Crippen LogP contribution in [0.5, 0.6) is 0 Å². The fraction of sp³-hybridized carbons (Fsp3) is 0.316. The third-order valence-corrected chi connectivity index (χ3v) is 5.59. The summed E-state index contributed by atoms with van der Waals surface area (Å²) in [5.74, 6) is 0. The Morgan fingerprint density at radius 3 is 2.26 bits per heavy atom. The molecule has 1 aliphatic heterocycles. The van der Waals surface area contributed by atoms with Gasteiger partial charge in [-0.25, -0.2) is 18.4 Å². The van der Waals surface area contributed by atoms with Gasteiger partial charge in [-0.05, 0) is 55.8 Å². The predicted molar refractivity (Wildman–Crippen MR) is 105 cm³/mol. The molecule has 1 heterocycles. The summed E-state index contributed by atoms with van der Waals surface area (Å²) in [5.41, 5.74) is 1.68. The van der Waals surface area contributed by atoms with Crippen LogP contribution in [0.15, 0.2) is 59.5 Å². The number of benzene rings is 2. The fourth-order valence-corrected chi connectivity index (χ4v) is 3.79. The van der Waals surface area contributed by atoms with Gasteiger partial charge in [-0.3, -0.25) is 4.90 Å². The van der Waals surface area contributed by atoms with Gasteiger partial charge >= 0.3 is 6.03 Å². The molecule has 144 valence electrons. The predicted octanol–water partition coefficient (Wildman–Crippen LogP) is 2.29. The average molecular weight is 388 g/mol. The number of rotatable bonds is 6. The fourth-order valence-electron chi connectivity index (χ4n) is 3.28. The third kappa shape index (κ3) is 5.29. The van der Waals surface area contributed by atoms with Crippen molar-refractivity contribution in [2.75, 3.05) is 25.0 Å². The molecule has 0 spiro atoms. The number of hydrogen-bond acceptors (Lipinski definition) is 4. The van der Waals surface area contributed by atoms with Crippen LogP contribution in [0, 0.1) is 0 Å². The van der Waals surface area contributed by atoms with E-state index in [1.807, 2.05) is 18.2 Å². The van der Waals surface area contributed by atoms with Crippen molar-refractivity contribution in [1.82, 2.24) is 10.2 Å². The number of likely N-dealkylation sites (tertiary alicyclic amines) is 1. The normalized spacial score (nSPS) is 16.0. The molecular weight excluding hydrogens is 364 g/mol. The van der Waals surface area contributed by atoms with E-state index in [1.165, 1.54) is 42.7 Å². The molecule has 1 unspecified atom stereocenters. The van der Waals surface area contributed by atoms with E-state index in [-0.39, 0.29) is 17.0 Å². The lowest BCUT2D eigenvalue weighted by molar-refractivity contribution is 0.227. The summed E-state index contributed by atoms with van der Waals surface area (Å²) in [6, 6.07) is 15.7. The molecular formula is C19H24N4O3S. The highest BCUT2D eigenvalue weighted by atomic mass is 32.2. The van der Waals surface area contributed by atoms with Gasteiger partial charge in [0.25, 0.3) is 0 Å². The monoisotopic (exact) mass is 388 g/mol. The van der Waals surface area contributed by atoms with E-state index in [0.29, 0.717) is 12.2 Å². The highest BCUT2D eigenvalue weighted by Crippen LogP contribution is 2.24. The van der Waals surface area contributed by atoms with Gasteiger partial charge < -0.3 is 10.6 Å². The molecule has 1 saturated heterocycles. The molecule has 1 atom stereocenters. The number of hydrogen-bond donors (Lipinski definition) is 3. The quantitative estimate of drug-likeness (QED) is 0.706. The second-order valence-electron chi connectivity index (χ2n) is 6.57.